The highest BCUT2D eigenvalue weighted by Crippen LogP contribution is 2.22. The zero-order valence-electron chi connectivity index (χ0n) is 15.3. The second-order valence-electron chi connectivity index (χ2n) is 6.47. The summed E-state index contributed by atoms with van der Waals surface area (Å²) >= 11 is 1.37. The molecule has 1 fully saturated rings. The van der Waals surface area contributed by atoms with Crippen molar-refractivity contribution in [3.8, 4) is 5.69 Å². The fraction of sp³-hybridized carbons (Fsp3) is 0.250. The molecular formula is C20H21FN5OS+. The predicted octanol–water partition coefficient (Wildman–Crippen LogP) is 2.27. The molecule has 4 rings (SSSR count). The first-order valence-electron chi connectivity index (χ1n) is 9.11. The van der Waals surface area contributed by atoms with Gasteiger partial charge in [-0.25, -0.2) is 14.4 Å². The number of pyridine rings is 1. The highest BCUT2D eigenvalue weighted by Gasteiger charge is 2.22. The fourth-order valence-electron chi connectivity index (χ4n) is 3.24. The van der Waals surface area contributed by atoms with Crippen molar-refractivity contribution in [2.75, 3.05) is 36.8 Å². The van der Waals surface area contributed by atoms with Crippen LogP contribution in [0, 0.1) is 5.82 Å². The molecule has 1 saturated heterocycles. The molecule has 0 saturated carbocycles. The number of nitrogens with one attached hydrogen (secondary N) is 1. The van der Waals surface area contributed by atoms with Gasteiger partial charge < -0.3 is 9.80 Å². The Labute approximate surface area is 167 Å². The molecule has 3 aromatic rings. The zero-order valence-corrected chi connectivity index (χ0v) is 16.1. The molecule has 0 atom stereocenters. The molecule has 0 radical (unpaired) electrons. The quantitative estimate of drug-likeness (QED) is 0.619. The standard InChI is InChI=1S/C20H20FN5OS/c21-16-2-1-3-18(14-16)26-9-8-23-20(26)28-15-19(27)25-12-10-24(11-13-25)17-4-6-22-7-5-17/h1-9,14H,10-13,15H2/p+1. The lowest BCUT2D eigenvalue weighted by Gasteiger charge is -2.35. The van der Waals surface area contributed by atoms with Gasteiger partial charge in [0.2, 0.25) is 5.91 Å². The van der Waals surface area contributed by atoms with Gasteiger partial charge in [-0.2, -0.15) is 0 Å². The third kappa shape index (κ3) is 4.17. The van der Waals surface area contributed by atoms with E-state index in [9.17, 15) is 9.18 Å². The molecule has 1 aromatic carbocycles. The van der Waals surface area contributed by atoms with E-state index in [0.717, 1.165) is 18.8 Å². The van der Waals surface area contributed by atoms with Gasteiger partial charge in [0.05, 0.1) is 11.4 Å². The molecule has 28 heavy (non-hydrogen) atoms. The summed E-state index contributed by atoms with van der Waals surface area (Å²) in [4.78, 5) is 24.1. The minimum atomic E-state index is -0.299. The third-order valence-electron chi connectivity index (χ3n) is 4.72. The zero-order chi connectivity index (χ0) is 19.3. The SMILES string of the molecule is O=C(CSc1nccn1-c1cccc(F)c1)N1CCN(c2cc[nH+]cc2)CC1. The molecule has 1 amide bonds. The number of anilines is 1. The topological polar surface area (TPSA) is 55.5 Å². The number of nitrogens with zero attached hydrogens (tertiary/aromatic N) is 4. The average molecular weight is 398 g/mol. The number of rotatable bonds is 5. The monoisotopic (exact) mass is 398 g/mol. The van der Waals surface area contributed by atoms with Crippen LogP contribution in [0.3, 0.4) is 0 Å². The van der Waals surface area contributed by atoms with Gasteiger partial charge >= 0.3 is 0 Å². The summed E-state index contributed by atoms with van der Waals surface area (Å²) in [7, 11) is 0. The van der Waals surface area contributed by atoms with E-state index in [2.05, 4.69) is 14.9 Å². The lowest BCUT2D eigenvalue weighted by Crippen LogP contribution is -2.49. The number of thioether (sulfide) groups is 1. The maximum atomic E-state index is 13.5. The van der Waals surface area contributed by atoms with Crippen molar-refractivity contribution in [1.82, 2.24) is 14.5 Å². The van der Waals surface area contributed by atoms with Crippen LogP contribution >= 0.6 is 11.8 Å². The molecule has 0 aliphatic carbocycles. The fourth-order valence-corrected chi connectivity index (χ4v) is 4.12. The van der Waals surface area contributed by atoms with Crippen LogP contribution in [0.5, 0.6) is 0 Å². The molecule has 0 spiro atoms. The van der Waals surface area contributed by atoms with Crippen molar-refractivity contribution in [3.63, 3.8) is 0 Å². The molecule has 0 bridgehead atoms. The second-order valence-corrected chi connectivity index (χ2v) is 7.42. The lowest BCUT2D eigenvalue weighted by atomic mass is 10.2. The number of piperazine rings is 1. The molecule has 1 N–H and O–H groups in total. The molecule has 0 unspecified atom stereocenters. The third-order valence-corrected chi connectivity index (χ3v) is 5.67. The first kappa shape index (κ1) is 18.5. The largest absolute Gasteiger partial charge is 0.368 e. The maximum absolute atomic E-state index is 13.5. The van der Waals surface area contributed by atoms with E-state index in [-0.39, 0.29) is 11.7 Å². The van der Waals surface area contributed by atoms with Crippen LogP contribution in [0.2, 0.25) is 0 Å². The maximum Gasteiger partial charge on any atom is 0.233 e. The number of imidazole rings is 1. The Morgan fingerprint density at radius 3 is 2.64 bits per heavy atom. The lowest BCUT2D eigenvalue weighted by molar-refractivity contribution is -0.377. The normalized spacial score (nSPS) is 14.3. The van der Waals surface area contributed by atoms with E-state index >= 15 is 0 Å². The van der Waals surface area contributed by atoms with Gasteiger partial charge in [0.1, 0.15) is 5.82 Å². The Balaban J connectivity index is 1.33. The van der Waals surface area contributed by atoms with E-state index in [0.29, 0.717) is 29.7 Å². The smallest absolute Gasteiger partial charge is 0.233 e. The summed E-state index contributed by atoms with van der Waals surface area (Å²) < 4.78 is 15.3. The van der Waals surface area contributed by atoms with E-state index in [1.807, 2.05) is 35.5 Å². The van der Waals surface area contributed by atoms with Crippen molar-refractivity contribution >= 4 is 23.4 Å². The van der Waals surface area contributed by atoms with E-state index in [4.69, 9.17) is 0 Å². The Morgan fingerprint density at radius 1 is 1.11 bits per heavy atom. The highest BCUT2D eigenvalue weighted by molar-refractivity contribution is 7.99. The van der Waals surface area contributed by atoms with Crippen LogP contribution in [-0.2, 0) is 4.79 Å². The van der Waals surface area contributed by atoms with Crippen LogP contribution in [0.25, 0.3) is 5.69 Å². The summed E-state index contributed by atoms with van der Waals surface area (Å²) in [6, 6.07) is 10.4. The van der Waals surface area contributed by atoms with Gasteiger partial charge in [0.25, 0.3) is 0 Å². The Hall–Kier alpha value is -2.87. The number of aromatic amines is 1. The van der Waals surface area contributed by atoms with Crippen molar-refractivity contribution in [1.29, 1.82) is 0 Å². The van der Waals surface area contributed by atoms with Gasteiger partial charge in [0, 0.05) is 56.4 Å². The number of hydrogen-bond donors (Lipinski definition) is 0. The summed E-state index contributed by atoms with van der Waals surface area (Å²) in [6.45, 7) is 3.04. The first-order chi connectivity index (χ1) is 13.7. The Bertz CT molecular complexity index is 941. The molecule has 144 valence electrons. The number of halogens is 1. The van der Waals surface area contributed by atoms with Crippen molar-refractivity contribution < 1.29 is 14.2 Å². The number of carbonyl (C=O) groups excluding carboxylic acids is 1. The van der Waals surface area contributed by atoms with Gasteiger partial charge in [-0.05, 0) is 18.2 Å². The molecule has 3 heterocycles. The molecule has 6 nitrogen and oxygen atoms in total. The summed E-state index contributed by atoms with van der Waals surface area (Å²) in [6.07, 6.45) is 7.25. The first-order valence-corrected chi connectivity index (χ1v) is 10.1. The number of aromatic nitrogens is 3. The predicted molar refractivity (Wildman–Crippen MR) is 106 cm³/mol. The summed E-state index contributed by atoms with van der Waals surface area (Å²) in [5.74, 6) is 0.111. The molecule has 2 aromatic heterocycles. The Kier molecular flexibility index (Phi) is 5.57. The average Bonchev–Trinajstić information content (AvgIpc) is 3.21. The molecule has 1 aliphatic heterocycles. The molecule has 8 heteroatoms. The summed E-state index contributed by atoms with van der Waals surface area (Å²) in [5.41, 5.74) is 1.86. The minimum Gasteiger partial charge on any atom is -0.368 e. The van der Waals surface area contributed by atoms with Crippen molar-refractivity contribution in [2.24, 2.45) is 0 Å². The van der Waals surface area contributed by atoms with Crippen LogP contribution < -0.4 is 9.88 Å². The summed E-state index contributed by atoms with van der Waals surface area (Å²) in [5, 5.41) is 0.679. The van der Waals surface area contributed by atoms with Crippen molar-refractivity contribution in [3.05, 3.63) is 67.0 Å². The second kappa shape index (κ2) is 8.43. The number of H-pyrrole nitrogens is 1. The highest BCUT2D eigenvalue weighted by atomic mass is 32.2. The molecular weight excluding hydrogens is 377 g/mol. The van der Waals surface area contributed by atoms with Crippen molar-refractivity contribution in [2.45, 2.75) is 5.16 Å². The van der Waals surface area contributed by atoms with Gasteiger partial charge in [0.15, 0.2) is 17.6 Å². The van der Waals surface area contributed by atoms with Crippen LogP contribution in [0.4, 0.5) is 10.1 Å². The van der Waals surface area contributed by atoms with Crippen LogP contribution in [0.1, 0.15) is 0 Å². The molecule has 1 aliphatic rings. The van der Waals surface area contributed by atoms with E-state index in [1.54, 1.807) is 23.0 Å². The van der Waals surface area contributed by atoms with Gasteiger partial charge in [-0.1, -0.05) is 17.8 Å². The Morgan fingerprint density at radius 2 is 1.89 bits per heavy atom. The number of carbonyl (C=O) groups is 1. The minimum absolute atomic E-state index is 0.0971. The number of hydrogen-bond acceptors (Lipinski definition) is 4. The van der Waals surface area contributed by atoms with Crippen LogP contribution in [-0.4, -0.2) is 52.3 Å². The van der Waals surface area contributed by atoms with Gasteiger partial charge in [-0.3, -0.25) is 9.36 Å². The van der Waals surface area contributed by atoms with Gasteiger partial charge in [-0.15, -0.1) is 0 Å². The number of amides is 1. The van der Waals surface area contributed by atoms with Crippen LogP contribution in [0.15, 0.2) is 66.3 Å². The van der Waals surface area contributed by atoms with E-state index in [1.165, 1.54) is 23.9 Å². The van der Waals surface area contributed by atoms with E-state index < -0.39 is 0 Å². The number of benzene rings is 1.